The highest BCUT2D eigenvalue weighted by Gasteiger charge is 2.24. The van der Waals surface area contributed by atoms with E-state index in [-0.39, 0.29) is 5.69 Å². The molecule has 0 spiro atoms. The van der Waals surface area contributed by atoms with Gasteiger partial charge < -0.3 is 10.4 Å². The van der Waals surface area contributed by atoms with Crippen LogP contribution in [0.4, 0.5) is 5.82 Å². The lowest BCUT2D eigenvalue weighted by molar-refractivity contribution is 0.0691. The molecule has 1 heterocycles. The van der Waals surface area contributed by atoms with E-state index in [9.17, 15) is 9.90 Å². The number of rotatable bonds is 4. The maximum atomic E-state index is 11.2. The van der Waals surface area contributed by atoms with E-state index in [1.54, 1.807) is 6.07 Å². The molecule has 1 atom stereocenters. The van der Waals surface area contributed by atoms with Gasteiger partial charge in [-0.05, 0) is 37.1 Å². The third-order valence-corrected chi connectivity index (χ3v) is 4.18. The topological polar surface area (TPSA) is 62.2 Å². The van der Waals surface area contributed by atoms with Crippen LogP contribution in [0.15, 0.2) is 30.3 Å². The number of benzene rings is 1. The quantitative estimate of drug-likeness (QED) is 0.892. The van der Waals surface area contributed by atoms with E-state index in [1.807, 2.05) is 24.3 Å². The van der Waals surface area contributed by atoms with Gasteiger partial charge in [0.25, 0.3) is 0 Å². The Morgan fingerprint density at radius 1 is 1.40 bits per heavy atom. The van der Waals surface area contributed by atoms with E-state index in [0.717, 1.165) is 10.8 Å². The lowest BCUT2D eigenvalue weighted by atomic mass is 9.80. The Balaban J connectivity index is 2.00. The second-order valence-corrected chi connectivity index (χ2v) is 5.51. The predicted octanol–water partition coefficient (Wildman–Crippen LogP) is 3.53. The molecule has 1 unspecified atom stereocenters. The summed E-state index contributed by atoms with van der Waals surface area (Å²) >= 11 is 0. The van der Waals surface area contributed by atoms with Crippen LogP contribution in [0.5, 0.6) is 0 Å². The molecule has 4 nitrogen and oxygen atoms in total. The molecule has 1 saturated carbocycles. The van der Waals surface area contributed by atoms with Crippen molar-refractivity contribution >= 4 is 22.6 Å². The minimum Gasteiger partial charge on any atom is -0.477 e. The highest BCUT2D eigenvalue weighted by molar-refractivity contribution is 5.97. The van der Waals surface area contributed by atoms with Crippen molar-refractivity contribution in [3.8, 4) is 0 Å². The number of pyridine rings is 1. The van der Waals surface area contributed by atoms with E-state index in [2.05, 4.69) is 17.2 Å². The Bertz CT molecular complexity index is 650. The summed E-state index contributed by atoms with van der Waals surface area (Å²) in [5, 5.41) is 14.5. The van der Waals surface area contributed by atoms with Crippen molar-refractivity contribution in [1.82, 2.24) is 4.98 Å². The molecule has 20 heavy (non-hydrogen) atoms. The Morgan fingerprint density at radius 2 is 2.15 bits per heavy atom. The summed E-state index contributed by atoms with van der Waals surface area (Å²) in [6.07, 6.45) is 3.77. The van der Waals surface area contributed by atoms with Crippen LogP contribution in [0, 0.1) is 5.92 Å². The number of carbonyl (C=O) groups is 1. The first-order valence-electron chi connectivity index (χ1n) is 7.05. The zero-order valence-corrected chi connectivity index (χ0v) is 11.5. The van der Waals surface area contributed by atoms with Crippen LogP contribution in [-0.4, -0.2) is 22.1 Å². The maximum absolute atomic E-state index is 11.2. The fourth-order valence-electron chi connectivity index (χ4n) is 2.69. The van der Waals surface area contributed by atoms with E-state index in [0.29, 0.717) is 17.8 Å². The number of nitrogens with zero attached hydrogens (tertiary/aromatic N) is 1. The van der Waals surface area contributed by atoms with Crippen LogP contribution < -0.4 is 5.32 Å². The molecule has 1 aromatic heterocycles. The van der Waals surface area contributed by atoms with E-state index >= 15 is 0 Å². The minimum absolute atomic E-state index is 0.0898. The van der Waals surface area contributed by atoms with Gasteiger partial charge in [0.2, 0.25) is 0 Å². The van der Waals surface area contributed by atoms with Crippen LogP contribution in [0.1, 0.15) is 36.7 Å². The summed E-state index contributed by atoms with van der Waals surface area (Å²) in [7, 11) is 0. The summed E-state index contributed by atoms with van der Waals surface area (Å²) in [4.78, 5) is 15.5. The molecule has 0 bridgehead atoms. The van der Waals surface area contributed by atoms with Crippen molar-refractivity contribution in [1.29, 1.82) is 0 Å². The first-order valence-corrected chi connectivity index (χ1v) is 7.05. The fourth-order valence-corrected chi connectivity index (χ4v) is 2.69. The van der Waals surface area contributed by atoms with Gasteiger partial charge in [-0.25, -0.2) is 9.78 Å². The third kappa shape index (κ3) is 2.33. The lowest BCUT2D eigenvalue weighted by Gasteiger charge is -2.32. The molecule has 0 radical (unpaired) electrons. The number of carboxylic acids is 1. The molecule has 2 aromatic rings. The number of fused-ring (bicyclic) bond motifs is 1. The number of aromatic nitrogens is 1. The molecule has 104 valence electrons. The monoisotopic (exact) mass is 270 g/mol. The molecule has 2 N–H and O–H groups in total. The average molecular weight is 270 g/mol. The first-order chi connectivity index (χ1) is 9.65. The number of nitrogens with one attached hydrogen (secondary N) is 1. The van der Waals surface area contributed by atoms with Gasteiger partial charge in [0.05, 0.1) is 0 Å². The Kier molecular flexibility index (Phi) is 3.30. The smallest absolute Gasteiger partial charge is 0.354 e. The summed E-state index contributed by atoms with van der Waals surface area (Å²) in [6.45, 7) is 2.15. The van der Waals surface area contributed by atoms with Crippen LogP contribution in [0.25, 0.3) is 10.8 Å². The fraction of sp³-hybridized carbons (Fsp3) is 0.375. The second-order valence-electron chi connectivity index (χ2n) is 5.51. The summed E-state index contributed by atoms with van der Waals surface area (Å²) < 4.78 is 0. The molecular weight excluding hydrogens is 252 g/mol. The van der Waals surface area contributed by atoms with Gasteiger partial charge in [-0.3, -0.25) is 0 Å². The van der Waals surface area contributed by atoms with Crippen molar-refractivity contribution in [2.75, 3.05) is 5.32 Å². The zero-order chi connectivity index (χ0) is 14.1. The van der Waals surface area contributed by atoms with Crippen molar-refractivity contribution in [3.05, 3.63) is 36.0 Å². The largest absolute Gasteiger partial charge is 0.477 e. The van der Waals surface area contributed by atoms with Gasteiger partial charge in [-0.15, -0.1) is 0 Å². The van der Waals surface area contributed by atoms with Crippen molar-refractivity contribution in [3.63, 3.8) is 0 Å². The van der Waals surface area contributed by atoms with Crippen LogP contribution in [-0.2, 0) is 0 Å². The molecule has 1 aliphatic rings. The van der Waals surface area contributed by atoms with Gasteiger partial charge >= 0.3 is 5.97 Å². The number of aromatic carboxylic acids is 1. The molecule has 0 aliphatic heterocycles. The van der Waals surface area contributed by atoms with Crippen molar-refractivity contribution in [2.45, 2.75) is 32.2 Å². The van der Waals surface area contributed by atoms with Crippen LogP contribution in [0.2, 0.25) is 0 Å². The number of hydrogen-bond acceptors (Lipinski definition) is 3. The van der Waals surface area contributed by atoms with E-state index < -0.39 is 5.97 Å². The molecule has 0 amide bonds. The van der Waals surface area contributed by atoms with Crippen molar-refractivity contribution in [2.24, 2.45) is 5.92 Å². The summed E-state index contributed by atoms with van der Waals surface area (Å²) in [5.41, 5.74) is 0.0898. The average Bonchev–Trinajstić information content (AvgIpc) is 2.36. The van der Waals surface area contributed by atoms with Gasteiger partial charge in [0.1, 0.15) is 5.82 Å². The highest BCUT2D eigenvalue weighted by atomic mass is 16.4. The molecule has 1 fully saturated rings. The maximum Gasteiger partial charge on any atom is 0.354 e. The molecule has 1 aliphatic carbocycles. The molecule has 1 aromatic carbocycles. The Labute approximate surface area is 117 Å². The number of carboxylic acid groups (broad SMARTS) is 1. The Morgan fingerprint density at radius 3 is 2.80 bits per heavy atom. The van der Waals surface area contributed by atoms with Gasteiger partial charge in [0, 0.05) is 11.4 Å². The molecule has 4 heteroatoms. The number of anilines is 1. The van der Waals surface area contributed by atoms with Crippen LogP contribution in [0.3, 0.4) is 0 Å². The molecular formula is C16H18N2O2. The highest BCUT2D eigenvalue weighted by Crippen LogP contribution is 2.32. The zero-order valence-electron chi connectivity index (χ0n) is 11.5. The number of hydrogen-bond donors (Lipinski definition) is 2. The van der Waals surface area contributed by atoms with E-state index in [1.165, 1.54) is 19.3 Å². The standard InChI is InChI=1S/C16H18N2O2/c1-10(11-6-4-7-11)17-15-13-8-3-2-5-12(13)9-14(18-15)16(19)20/h2-3,5,8-11H,4,6-7H2,1H3,(H,17,18)(H,19,20). The van der Waals surface area contributed by atoms with Gasteiger partial charge in [-0.1, -0.05) is 30.7 Å². The molecule has 0 saturated heterocycles. The first kappa shape index (κ1) is 12.9. The molecule has 3 rings (SSSR count). The summed E-state index contributed by atoms with van der Waals surface area (Å²) in [5.74, 6) is 0.360. The lowest BCUT2D eigenvalue weighted by Crippen LogP contribution is -2.31. The van der Waals surface area contributed by atoms with Crippen molar-refractivity contribution < 1.29 is 9.90 Å². The minimum atomic E-state index is -0.991. The second kappa shape index (κ2) is 5.12. The van der Waals surface area contributed by atoms with Gasteiger partial charge in [-0.2, -0.15) is 0 Å². The third-order valence-electron chi connectivity index (χ3n) is 4.18. The van der Waals surface area contributed by atoms with E-state index in [4.69, 9.17) is 0 Å². The predicted molar refractivity (Wildman–Crippen MR) is 79.1 cm³/mol. The summed E-state index contributed by atoms with van der Waals surface area (Å²) in [6, 6.07) is 9.70. The Hall–Kier alpha value is -2.10. The van der Waals surface area contributed by atoms with Gasteiger partial charge in [0.15, 0.2) is 5.69 Å². The van der Waals surface area contributed by atoms with Crippen LogP contribution >= 0.6 is 0 Å². The normalized spacial score (nSPS) is 16.6. The SMILES string of the molecule is CC(Nc1nc(C(=O)O)cc2ccccc12)C1CCC1.